The van der Waals surface area contributed by atoms with Crippen LogP contribution in [0.15, 0.2) is 0 Å². The molecular formula is C13H25NO2. The number of nitrogens with zero attached hydrogens (tertiary/aromatic N) is 1. The van der Waals surface area contributed by atoms with Crippen molar-refractivity contribution >= 4 is 0 Å². The van der Waals surface area contributed by atoms with Crippen LogP contribution < -0.4 is 0 Å². The number of aliphatic hydroxyl groups is 1. The van der Waals surface area contributed by atoms with E-state index in [0.29, 0.717) is 12.0 Å². The van der Waals surface area contributed by atoms with E-state index in [9.17, 15) is 5.11 Å². The van der Waals surface area contributed by atoms with Crippen molar-refractivity contribution in [2.45, 2.75) is 50.7 Å². The van der Waals surface area contributed by atoms with E-state index in [1.165, 1.54) is 32.2 Å². The Bertz CT molecular complexity index is 210. The molecule has 94 valence electrons. The van der Waals surface area contributed by atoms with Crippen molar-refractivity contribution in [3.05, 3.63) is 0 Å². The molecule has 2 aliphatic rings. The average Bonchev–Trinajstić information content (AvgIpc) is 2.72. The SMILES string of the molecule is COC1CCCN(CCC2CCCC2O)C1. The van der Waals surface area contributed by atoms with Crippen molar-refractivity contribution < 1.29 is 9.84 Å². The van der Waals surface area contributed by atoms with E-state index >= 15 is 0 Å². The van der Waals surface area contributed by atoms with Gasteiger partial charge in [-0.25, -0.2) is 0 Å². The number of aliphatic hydroxyl groups excluding tert-OH is 1. The summed E-state index contributed by atoms with van der Waals surface area (Å²) < 4.78 is 5.42. The summed E-state index contributed by atoms with van der Waals surface area (Å²) in [6.45, 7) is 3.43. The van der Waals surface area contributed by atoms with Gasteiger partial charge in [0, 0.05) is 13.7 Å². The molecule has 1 saturated heterocycles. The highest BCUT2D eigenvalue weighted by atomic mass is 16.5. The molecule has 1 aliphatic heterocycles. The molecule has 3 heteroatoms. The molecule has 3 nitrogen and oxygen atoms in total. The average molecular weight is 227 g/mol. The van der Waals surface area contributed by atoms with Crippen molar-refractivity contribution in [3.8, 4) is 0 Å². The molecule has 3 atom stereocenters. The van der Waals surface area contributed by atoms with Gasteiger partial charge in [0.05, 0.1) is 12.2 Å². The maximum Gasteiger partial charge on any atom is 0.0698 e. The van der Waals surface area contributed by atoms with Crippen LogP contribution in [0.1, 0.15) is 38.5 Å². The first-order valence-corrected chi connectivity index (χ1v) is 6.73. The Balaban J connectivity index is 1.68. The molecule has 1 N–H and O–H groups in total. The Hall–Kier alpha value is -0.120. The summed E-state index contributed by atoms with van der Waals surface area (Å²) in [5, 5.41) is 9.77. The second-order valence-corrected chi connectivity index (χ2v) is 5.35. The fourth-order valence-electron chi connectivity index (χ4n) is 3.11. The second kappa shape index (κ2) is 5.99. The third-order valence-corrected chi connectivity index (χ3v) is 4.23. The zero-order valence-corrected chi connectivity index (χ0v) is 10.4. The highest BCUT2D eigenvalue weighted by molar-refractivity contribution is 4.79. The molecule has 1 heterocycles. The normalized spacial score (nSPS) is 36.8. The van der Waals surface area contributed by atoms with Gasteiger partial charge in [0.2, 0.25) is 0 Å². The van der Waals surface area contributed by atoms with E-state index in [2.05, 4.69) is 4.90 Å². The molecule has 0 aromatic rings. The Kier molecular flexibility index (Phi) is 4.62. The number of piperidine rings is 1. The summed E-state index contributed by atoms with van der Waals surface area (Å²) in [4.78, 5) is 2.50. The molecule has 0 aromatic heterocycles. The summed E-state index contributed by atoms with van der Waals surface area (Å²) in [7, 11) is 1.81. The van der Waals surface area contributed by atoms with Crippen molar-refractivity contribution in [1.29, 1.82) is 0 Å². The van der Waals surface area contributed by atoms with E-state index in [-0.39, 0.29) is 6.10 Å². The summed E-state index contributed by atoms with van der Waals surface area (Å²) in [5.41, 5.74) is 0. The number of hydrogen-bond acceptors (Lipinski definition) is 3. The minimum Gasteiger partial charge on any atom is -0.393 e. The van der Waals surface area contributed by atoms with Crippen molar-refractivity contribution in [3.63, 3.8) is 0 Å². The molecule has 0 radical (unpaired) electrons. The molecule has 2 rings (SSSR count). The van der Waals surface area contributed by atoms with Gasteiger partial charge in [-0.05, 0) is 51.1 Å². The minimum atomic E-state index is -0.0250. The monoisotopic (exact) mass is 227 g/mol. The number of hydrogen-bond donors (Lipinski definition) is 1. The molecule has 0 aromatic carbocycles. The van der Waals surface area contributed by atoms with Crippen molar-refractivity contribution in [1.82, 2.24) is 4.90 Å². The van der Waals surface area contributed by atoms with Gasteiger partial charge in [-0.3, -0.25) is 0 Å². The Morgan fingerprint density at radius 2 is 2.12 bits per heavy atom. The Morgan fingerprint density at radius 3 is 2.81 bits per heavy atom. The van der Waals surface area contributed by atoms with Gasteiger partial charge in [-0.15, -0.1) is 0 Å². The van der Waals surface area contributed by atoms with Crippen LogP contribution in [-0.2, 0) is 4.74 Å². The lowest BCUT2D eigenvalue weighted by Gasteiger charge is -2.32. The lowest BCUT2D eigenvalue weighted by molar-refractivity contribution is 0.0266. The third kappa shape index (κ3) is 3.19. The third-order valence-electron chi connectivity index (χ3n) is 4.23. The van der Waals surface area contributed by atoms with Gasteiger partial charge in [-0.1, -0.05) is 6.42 Å². The molecule has 0 spiro atoms. The fraction of sp³-hybridized carbons (Fsp3) is 1.00. The van der Waals surface area contributed by atoms with Gasteiger partial charge in [0.25, 0.3) is 0 Å². The van der Waals surface area contributed by atoms with Crippen LogP contribution in [0.25, 0.3) is 0 Å². The number of rotatable bonds is 4. The lowest BCUT2D eigenvalue weighted by atomic mass is 10.0. The van der Waals surface area contributed by atoms with E-state index in [4.69, 9.17) is 4.74 Å². The first-order valence-electron chi connectivity index (χ1n) is 6.73. The van der Waals surface area contributed by atoms with Crippen molar-refractivity contribution in [2.24, 2.45) is 5.92 Å². The molecule has 1 aliphatic carbocycles. The van der Waals surface area contributed by atoms with E-state index in [1.54, 1.807) is 0 Å². The number of likely N-dealkylation sites (tertiary alicyclic amines) is 1. The smallest absolute Gasteiger partial charge is 0.0698 e. The molecule has 16 heavy (non-hydrogen) atoms. The van der Waals surface area contributed by atoms with Crippen LogP contribution in [-0.4, -0.2) is 49.0 Å². The van der Waals surface area contributed by atoms with Crippen LogP contribution in [0.3, 0.4) is 0 Å². The predicted octanol–water partition coefficient (Wildman–Crippen LogP) is 1.65. The van der Waals surface area contributed by atoms with Crippen LogP contribution in [0.4, 0.5) is 0 Å². The quantitative estimate of drug-likeness (QED) is 0.792. The maximum absolute atomic E-state index is 9.77. The largest absolute Gasteiger partial charge is 0.393 e. The predicted molar refractivity (Wildman–Crippen MR) is 64.4 cm³/mol. The van der Waals surface area contributed by atoms with E-state index in [0.717, 1.165) is 25.9 Å². The van der Waals surface area contributed by atoms with Crippen LogP contribution in [0.2, 0.25) is 0 Å². The highest BCUT2D eigenvalue weighted by Gasteiger charge is 2.26. The molecule has 1 saturated carbocycles. The topological polar surface area (TPSA) is 32.7 Å². The molecule has 2 fully saturated rings. The van der Waals surface area contributed by atoms with Gasteiger partial charge in [0.1, 0.15) is 0 Å². The molecule has 0 bridgehead atoms. The number of ether oxygens (including phenoxy) is 1. The summed E-state index contributed by atoms with van der Waals surface area (Å²) in [5.74, 6) is 0.558. The molecule has 0 amide bonds. The van der Waals surface area contributed by atoms with Crippen LogP contribution in [0.5, 0.6) is 0 Å². The Labute approximate surface area is 98.8 Å². The number of methoxy groups -OCH3 is 1. The van der Waals surface area contributed by atoms with Gasteiger partial charge < -0.3 is 14.7 Å². The maximum atomic E-state index is 9.77. The second-order valence-electron chi connectivity index (χ2n) is 5.35. The summed E-state index contributed by atoms with van der Waals surface area (Å²) in [6, 6.07) is 0. The highest BCUT2D eigenvalue weighted by Crippen LogP contribution is 2.28. The first-order chi connectivity index (χ1) is 7.79. The lowest BCUT2D eigenvalue weighted by Crippen LogP contribution is -2.40. The van der Waals surface area contributed by atoms with Gasteiger partial charge >= 0.3 is 0 Å². The summed E-state index contributed by atoms with van der Waals surface area (Å²) >= 11 is 0. The van der Waals surface area contributed by atoms with Crippen LogP contribution in [0, 0.1) is 5.92 Å². The first kappa shape index (κ1) is 12.3. The fourth-order valence-corrected chi connectivity index (χ4v) is 3.11. The van der Waals surface area contributed by atoms with Crippen LogP contribution >= 0.6 is 0 Å². The standard InChI is InChI=1S/C13H25NO2/c1-16-12-5-3-8-14(10-12)9-7-11-4-2-6-13(11)15/h11-13,15H,2-10H2,1H3. The van der Waals surface area contributed by atoms with E-state index < -0.39 is 0 Å². The molecular weight excluding hydrogens is 202 g/mol. The molecule has 3 unspecified atom stereocenters. The van der Waals surface area contributed by atoms with Gasteiger partial charge in [0.15, 0.2) is 0 Å². The van der Waals surface area contributed by atoms with E-state index in [1.807, 2.05) is 7.11 Å². The zero-order valence-electron chi connectivity index (χ0n) is 10.4. The Morgan fingerprint density at radius 1 is 1.25 bits per heavy atom. The van der Waals surface area contributed by atoms with Gasteiger partial charge in [-0.2, -0.15) is 0 Å². The van der Waals surface area contributed by atoms with Crippen molar-refractivity contribution in [2.75, 3.05) is 26.7 Å². The zero-order chi connectivity index (χ0) is 11.4. The summed E-state index contributed by atoms with van der Waals surface area (Å²) in [6.07, 6.45) is 7.49. The minimum absolute atomic E-state index is 0.0250.